The van der Waals surface area contributed by atoms with Gasteiger partial charge in [0.15, 0.2) is 7.14 Å². The summed E-state index contributed by atoms with van der Waals surface area (Å²) in [6.07, 6.45) is 0. The van der Waals surface area contributed by atoms with Gasteiger partial charge in [0.25, 0.3) is 0 Å². The van der Waals surface area contributed by atoms with Crippen molar-refractivity contribution in [1.29, 1.82) is 0 Å². The summed E-state index contributed by atoms with van der Waals surface area (Å²) in [5.74, 6) is 0. The molecule has 0 saturated heterocycles. The lowest BCUT2D eigenvalue weighted by molar-refractivity contribution is 0.593. The Balaban J connectivity index is 1.29. The average molecular weight is 671 g/mol. The standard InChI is InChI=1S/C47H31N2OP/c50-51(37-18-8-3-9-19-37)45-23-13-11-21-39(45)41-29-28-40-38-20-10-12-22-44(38)49(46(40)47(41)51)36-30-42(34-16-6-2-7-17-34)48-43(31-36)35-26-24-33(25-27-35)32-14-4-1-5-15-32/h1-31H. The van der Waals surface area contributed by atoms with Gasteiger partial charge in [0.2, 0.25) is 0 Å². The van der Waals surface area contributed by atoms with Crippen LogP contribution in [0.5, 0.6) is 0 Å². The maximum atomic E-state index is 16.0. The fraction of sp³-hybridized carbons (Fsp3) is 0. The van der Waals surface area contributed by atoms with Crippen LogP contribution < -0.4 is 15.9 Å². The second kappa shape index (κ2) is 11.7. The highest BCUT2D eigenvalue weighted by molar-refractivity contribution is 7.86. The Morgan fingerprint density at radius 2 is 1.00 bits per heavy atom. The van der Waals surface area contributed by atoms with E-state index in [1.807, 2.05) is 54.6 Å². The minimum atomic E-state index is -3.26. The molecule has 1 unspecified atom stereocenters. The predicted molar refractivity (Wildman–Crippen MR) is 213 cm³/mol. The largest absolute Gasteiger partial charge is 0.309 e. The molecular formula is C47H31N2OP. The van der Waals surface area contributed by atoms with Crippen LogP contribution in [-0.4, -0.2) is 9.55 Å². The van der Waals surface area contributed by atoms with Crippen molar-refractivity contribution >= 4 is 44.9 Å². The summed E-state index contributed by atoms with van der Waals surface area (Å²) in [4.78, 5) is 5.26. The van der Waals surface area contributed by atoms with E-state index in [-0.39, 0.29) is 0 Å². The quantitative estimate of drug-likeness (QED) is 0.171. The lowest BCUT2D eigenvalue weighted by Gasteiger charge is -2.19. The molecule has 10 rings (SSSR count). The van der Waals surface area contributed by atoms with E-state index in [1.165, 1.54) is 5.56 Å². The van der Waals surface area contributed by atoms with Gasteiger partial charge < -0.3 is 9.13 Å². The molecule has 1 atom stereocenters. The minimum absolute atomic E-state index is 0.847. The number of rotatable bonds is 5. The lowest BCUT2D eigenvalue weighted by atomic mass is 10.0. The Morgan fingerprint density at radius 3 is 1.73 bits per heavy atom. The topological polar surface area (TPSA) is 34.9 Å². The van der Waals surface area contributed by atoms with Crippen molar-refractivity contribution in [3.05, 3.63) is 188 Å². The molecule has 2 aromatic heterocycles. The van der Waals surface area contributed by atoms with Crippen molar-refractivity contribution in [3.63, 3.8) is 0 Å². The maximum absolute atomic E-state index is 16.0. The van der Waals surface area contributed by atoms with Gasteiger partial charge in [0.05, 0.1) is 33.4 Å². The second-order valence-corrected chi connectivity index (χ2v) is 15.7. The van der Waals surface area contributed by atoms with Crippen LogP contribution in [0.3, 0.4) is 0 Å². The molecule has 0 aliphatic carbocycles. The third-order valence-corrected chi connectivity index (χ3v) is 13.4. The third-order valence-electron chi connectivity index (χ3n) is 10.2. The summed E-state index contributed by atoms with van der Waals surface area (Å²) in [7, 11) is -3.26. The number of benzene rings is 7. The lowest BCUT2D eigenvalue weighted by Crippen LogP contribution is -2.22. The maximum Gasteiger partial charge on any atom is 0.174 e. The number of nitrogens with zero attached hydrogens (tertiary/aromatic N) is 2. The molecule has 0 bridgehead atoms. The zero-order valence-corrected chi connectivity index (χ0v) is 28.5. The van der Waals surface area contributed by atoms with Gasteiger partial charge in [0, 0.05) is 32.5 Å². The highest BCUT2D eigenvalue weighted by atomic mass is 31.2. The van der Waals surface area contributed by atoms with E-state index < -0.39 is 7.14 Å². The summed E-state index contributed by atoms with van der Waals surface area (Å²) >= 11 is 0. The van der Waals surface area contributed by atoms with Crippen LogP contribution in [-0.2, 0) is 4.57 Å². The van der Waals surface area contributed by atoms with Crippen molar-refractivity contribution in [1.82, 2.24) is 9.55 Å². The van der Waals surface area contributed by atoms with Gasteiger partial charge in [-0.3, -0.25) is 0 Å². The summed E-state index contributed by atoms with van der Waals surface area (Å²) in [6.45, 7) is 0. The molecule has 0 spiro atoms. The number of fused-ring (bicyclic) bond motifs is 7. The molecule has 51 heavy (non-hydrogen) atoms. The number of pyridine rings is 1. The molecule has 240 valence electrons. The van der Waals surface area contributed by atoms with Crippen LogP contribution in [0, 0.1) is 0 Å². The normalized spacial score (nSPS) is 14.8. The molecule has 9 aromatic rings. The van der Waals surface area contributed by atoms with Crippen molar-refractivity contribution in [2.45, 2.75) is 0 Å². The van der Waals surface area contributed by atoms with E-state index in [4.69, 9.17) is 4.98 Å². The summed E-state index contributed by atoms with van der Waals surface area (Å²) in [5, 5.41) is 4.85. The molecule has 0 amide bonds. The number of aromatic nitrogens is 2. The van der Waals surface area contributed by atoms with Crippen LogP contribution in [0.25, 0.3) is 72.3 Å². The van der Waals surface area contributed by atoms with E-state index in [9.17, 15) is 0 Å². The Kier molecular flexibility index (Phi) is 6.77. The summed E-state index contributed by atoms with van der Waals surface area (Å²) in [6, 6.07) is 65.0. The first kappa shape index (κ1) is 29.6. The molecular weight excluding hydrogens is 640 g/mol. The monoisotopic (exact) mass is 670 g/mol. The van der Waals surface area contributed by atoms with Gasteiger partial charge in [-0.25, -0.2) is 4.98 Å². The SMILES string of the molecule is O=P1(c2ccccc2)c2ccccc2-c2ccc3c4ccccc4n(-c4cc(-c5ccccc5)nc(-c5ccc(-c6ccccc6)cc5)c4)c3c21. The molecule has 1 aliphatic heterocycles. The molecule has 3 nitrogen and oxygen atoms in total. The van der Waals surface area contributed by atoms with Crippen LogP contribution >= 0.6 is 7.14 Å². The fourth-order valence-corrected chi connectivity index (χ4v) is 11.1. The first-order valence-corrected chi connectivity index (χ1v) is 19.0. The van der Waals surface area contributed by atoms with Crippen LogP contribution in [0.4, 0.5) is 0 Å². The van der Waals surface area contributed by atoms with Gasteiger partial charge in [0.1, 0.15) is 0 Å². The van der Waals surface area contributed by atoms with E-state index in [1.54, 1.807) is 0 Å². The smallest absolute Gasteiger partial charge is 0.174 e. The zero-order valence-electron chi connectivity index (χ0n) is 27.6. The van der Waals surface area contributed by atoms with Gasteiger partial charge in [-0.1, -0.05) is 170 Å². The minimum Gasteiger partial charge on any atom is -0.309 e. The van der Waals surface area contributed by atoms with Gasteiger partial charge in [-0.2, -0.15) is 0 Å². The summed E-state index contributed by atoms with van der Waals surface area (Å²) in [5.41, 5.74) is 11.2. The van der Waals surface area contributed by atoms with Crippen LogP contribution in [0.1, 0.15) is 0 Å². The Bertz CT molecular complexity index is 2810. The highest BCUT2D eigenvalue weighted by Crippen LogP contribution is 2.55. The Labute approximate surface area is 296 Å². The molecule has 0 saturated carbocycles. The number of para-hydroxylation sites is 1. The molecule has 0 radical (unpaired) electrons. The van der Waals surface area contributed by atoms with E-state index in [0.717, 1.165) is 82.6 Å². The van der Waals surface area contributed by atoms with Crippen molar-refractivity contribution < 1.29 is 4.57 Å². The Hall–Kier alpha value is -6.28. The molecule has 4 heteroatoms. The van der Waals surface area contributed by atoms with Crippen molar-refractivity contribution in [2.75, 3.05) is 0 Å². The first-order valence-electron chi connectivity index (χ1n) is 17.2. The molecule has 7 aromatic carbocycles. The molecule has 0 N–H and O–H groups in total. The molecule has 1 aliphatic rings. The second-order valence-electron chi connectivity index (χ2n) is 13.1. The molecule has 0 fully saturated rings. The van der Waals surface area contributed by atoms with Gasteiger partial charge in [-0.15, -0.1) is 0 Å². The summed E-state index contributed by atoms with van der Waals surface area (Å²) < 4.78 is 18.4. The Morgan fingerprint density at radius 1 is 0.451 bits per heavy atom. The van der Waals surface area contributed by atoms with Crippen molar-refractivity contribution in [2.24, 2.45) is 0 Å². The predicted octanol–water partition coefficient (Wildman–Crippen LogP) is 10.8. The van der Waals surface area contributed by atoms with Crippen LogP contribution in [0.2, 0.25) is 0 Å². The van der Waals surface area contributed by atoms with E-state index in [0.29, 0.717) is 0 Å². The zero-order chi connectivity index (χ0) is 33.9. The van der Waals surface area contributed by atoms with Gasteiger partial charge in [-0.05, 0) is 40.5 Å². The first-order chi connectivity index (χ1) is 25.2. The van der Waals surface area contributed by atoms with Crippen molar-refractivity contribution in [3.8, 4) is 50.5 Å². The third kappa shape index (κ3) is 4.59. The highest BCUT2D eigenvalue weighted by Gasteiger charge is 2.42. The molecule has 3 heterocycles. The fourth-order valence-electron chi connectivity index (χ4n) is 7.86. The number of hydrogen-bond acceptors (Lipinski definition) is 2. The van der Waals surface area contributed by atoms with Crippen LogP contribution in [0.15, 0.2) is 188 Å². The number of hydrogen-bond donors (Lipinski definition) is 0. The van der Waals surface area contributed by atoms with E-state index >= 15 is 4.57 Å². The van der Waals surface area contributed by atoms with Gasteiger partial charge >= 0.3 is 0 Å². The average Bonchev–Trinajstić information content (AvgIpc) is 3.69. The van der Waals surface area contributed by atoms with E-state index in [2.05, 4.69) is 138 Å².